The van der Waals surface area contributed by atoms with Crippen LogP contribution in [0.5, 0.6) is 0 Å². The molecular weight excluding hydrogens is 638 g/mol. The molecule has 4 aromatic rings. The summed E-state index contributed by atoms with van der Waals surface area (Å²) in [5.41, 5.74) is 2.13. The highest BCUT2D eigenvalue weighted by atomic mass is 16.6. The van der Waals surface area contributed by atoms with E-state index in [0.29, 0.717) is 47.4 Å². The SMILES string of the molecule is CC(C)(C)OC(=O)NCCCCCCCCc1nnc(-c2cnc(Nc3ccc4c(c3)C(C)(C)OC4=O)nc2N[C@H](CO)c2ccccc2)o1. The first kappa shape index (κ1) is 36.2. The number of fused-ring (bicyclic) bond motifs is 1. The van der Waals surface area contributed by atoms with E-state index < -0.39 is 17.2 Å². The number of ether oxygens (including phenoxy) is 2. The molecule has 0 bridgehead atoms. The molecular formula is C37H47N7O6. The van der Waals surface area contributed by atoms with Gasteiger partial charge in [0, 0.05) is 30.4 Å². The number of rotatable bonds is 16. The Kier molecular flexibility index (Phi) is 11.7. The first-order valence-corrected chi connectivity index (χ1v) is 17.2. The fourth-order valence-corrected chi connectivity index (χ4v) is 5.64. The van der Waals surface area contributed by atoms with Gasteiger partial charge in [0.15, 0.2) is 0 Å². The Labute approximate surface area is 292 Å². The summed E-state index contributed by atoms with van der Waals surface area (Å²) >= 11 is 0. The lowest BCUT2D eigenvalue weighted by Crippen LogP contribution is -2.32. The quantitative estimate of drug-likeness (QED) is 0.0689. The van der Waals surface area contributed by atoms with Gasteiger partial charge in [-0.05, 0) is 71.2 Å². The lowest BCUT2D eigenvalue weighted by Gasteiger charge is -2.20. The van der Waals surface area contributed by atoms with Crippen molar-refractivity contribution in [1.82, 2.24) is 25.5 Å². The number of esters is 1. The molecule has 0 unspecified atom stereocenters. The van der Waals surface area contributed by atoms with Crippen LogP contribution in [0.4, 0.5) is 22.2 Å². The Morgan fingerprint density at radius 1 is 0.980 bits per heavy atom. The van der Waals surface area contributed by atoms with Crippen LogP contribution in [-0.4, -0.2) is 56.1 Å². The Morgan fingerprint density at radius 3 is 2.46 bits per heavy atom. The number of nitrogens with one attached hydrogen (secondary N) is 3. The van der Waals surface area contributed by atoms with Crippen molar-refractivity contribution in [3.05, 3.63) is 77.3 Å². The summed E-state index contributed by atoms with van der Waals surface area (Å²) in [7, 11) is 0. The molecule has 1 atom stereocenters. The summed E-state index contributed by atoms with van der Waals surface area (Å²) in [6.07, 6.45) is 7.85. The van der Waals surface area contributed by atoms with Crippen LogP contribution in [0.2, 0.25) is 0 Å². The summed E-state index contributed by atoms with van der Waals surface area (Å²) in [6, 6.07) is 14.5. The van der Waals surface area contributed by atoms with Crippen LogP contribution in [0.1, 0.15) is 107 Å². The molecule has 0 fully saturated rings. The second-order valence-corrected chi connectivity index (χ2v) is 13.8. The molecule has 0 radical (unpaired) electrons. The number of carbonyl (C=O) groups is 2. The largest absolute Gasteiger partial charge is 0.451 e. The normalized spacial score (nSPS) is 14.1. The second-order valence-electron chi connectivity index (χ2n) is 13.8. The maximum Gasteiger partial charge on any atom is 0.407 e. The van der Waals surface area contributed by atoms with Crippen molar-refractivity contribution in [3.63, 3.8) is 0 Å². The first-order valence-electron chi connectivity index (χ1n) is 17.2. The number of aliphatic hydroxyl groups is 1. The van der Waals surface area contributed by atoms with Gasteiger partial charge >= 0.3 is 12.1 Å². The molecule has 0 aliphatic carbocycles. The number of benzene rings is 2. The smallest absolute Gasteiger partial charge is 0.407 e. The molecule has 266 valence electrons. The summed E-state index contributed by atoms with van der Waals surface area (Å²) in [5, 5.41) is 28.2. The van der Waals surface area contributed by atoms with E-state index in [2.05, 4.69) is 31.1 Å². The van der Waals surface area contributed by atoms with E-state index in [1.165, 1.54) is 0 Å². The number of alkyl carbamates (subject to hydrolysis) is 1. The molecule has 3 heterocycles. The van der Waals surface area contributed by atoms with Crippen molar-refractivity contribution >= 4 is 29.5 Å². The average Bonchev–Trinajstić information content (AvgIpc) is 3.63. The van der Waals surface area contributed by atoms with Crippen molar-refractivity contribution in [2.24, 2.45) is 0 Å². The fourth-order valence-electron chi connectivity index (χ4n) is 5.64. The number of hydrogen-bond donors (Lipinski definition) is 4. The van der Waals surface area contributed by atoms with Crippen molar-refractivity contribution in [1.29, 1.82) is 0 Å². The summed E-state index contributed by atoms with van der Waals surface area (Å²) in [4.78, 5) is 33.3. The third-order valence-corrected chi connectivity index (χ3v) is 8.16. The number of aromatic nitrogens is 4. The maximum absolute atomic E-state index is 12.3. The summed E-state index contributed by atoms with van der Waals surface area (Å²) in [6.45, 7) is 9.66. The lowest BCUT2D eigenvalue weighted by atomic mass is 9.95. The Bertz CT molecular complexity index is 1750. The Hall–Kier alpha value is -5.04. The zero-order chi connectivity index (χ0) is 35.7. The number of carbonyl (C=O) groups excluding carboxylic acids is 2. The van der Waals surface area contributed by atoms with Crippen LogP contribution < -0.4 is 16.0 Å². The van der Waals surface area contributed by atoms with E-state index in [9.17, 15) is 14.7 Å². The van der Waals surface area contributed by atoms with Gasteiger partial charge in [-0.2, -0.15) is 4.98 Å². The first-order chi connectivity index (χ1) is 23.9. The van der Waals surface area contributed by atoms with Gasteiger partial charge in [0.05, 0.1) is 23.8 Å². The minimum absolute atomic E-state index is 0.181. The maximum atomic E-state index is 12.3. The summed E-state index contributed by atoms with van der Waals surface area (Å²) in [5.74, 6) is 1.14. The molecule has 1 aliphatic heterocycles. The van der Waals surface area contributed by atoms with E-state index >= 15 is 0 Å². The number of anilines is 3. The number of cyclic esters (lactones) is 1. The van der Waals surface area contributed by atoms with E-state index in [4.69, 9.17) is 18.9 Å². The van der Waals surface area contributed by atoms with Crippen LogP contribution in [0.3, 0.4) is 0 Å². The Balaban J connectivity index is 1.21. The predicted octanol–water partition coefficient (Wildman–Crippen LogP) is 7.23. The molecule has 2 aromatic carbocycles. The molecule has 1 aliphatic rings. The topological polar surface area (TPSA) is 174 Å². The van der Waals surface area contributed by atoms with Crippen molar-refractivity contribution in [2.45, 2.75) is 96.8 Å². The van der Waals surface area contributed by atoms with Crippen LogP contribution >= 0.6 is 0 Å². The van der Waals surface area contributed by atoms with Crippen molar-refractivity contribution < 1.29 is 28.6 Å². The highest BCUT2D eigenvalue weighted by molar-refractivity contribution is 5.95. The van der Waals surface area contributed by atoms with E-state index in [0.717, 1.165) is 49.7 Å². The van der Waals surface area contributed by atoms with Crippen molar-refractivity contribution in [2.75, 3.05) is 23.8 Å². The van der Waals surface area contributed by atoms with Crippen LogP contribution in [0.15, 0.2) is 59.1 Å². The van der Waals surface area contributed by atoms with E-state index in [1.807, 2.05) is 71.0 Å². The van der Waals surface area contributed by atoms with E-state index in [-0.39, 0.29) is 24.6 Å². The zero-order valence-electron chi connectivity index (χ0n) is 29.4. The minimum atomic E-state index is -0.747. The molecule has 0 saturated carbocycles. The van der Waals surface area contributed by atoms with Gasteiger partial charge in [0.2, 0.25) is 11.8 Å². The number of nitrogens with zero attached hydrogens (tertiary/aromatic N) is 4. The highest BCUT2D eigenvalue weighted by Crippen LogP contribution is 2.38. The third kappa shape index (κ3) is 9.78. The molecule has 13 heteroatoms. The van der Waals surface area contributed by atoms with Gasteiger partial charge in [0.1, 0.15) is 17.0 Å². The Morgan fingerprint density at radius 2 is 1.72 bits per heavy atom. The number of amides is 1. The molecule has 0 spiro atoms. The van der Waals surface area contributed by atoms with Gasteiger partial charge in [-0.15, -0.1) is 10.2 Å². The third-order valence-electron chi connectivity index (χ3n) is 8.16. The van der Waals surface area contributed by atoms with Crippen molar-refractivity contribution in [3.8, 4) is 11.5 Å². The molecule has 1 amide bonds. The molecule has 0 saturated heterocycles. The number of hydrogen-bond acceptors (Lipinski definition) is 12. The molecule has 50 heavy (non-hydrogen) atoms. The predicted molar refractivity (Wildman–Crippen MR) is 189 cm³/mol. The number of aryl methyl sites for hydroxylation is 1. The van der Waals surface area contributed by atoms with Gasteiger partial charge < -0.3 is 34.9 Å². The number of aliphatic hydroxyl groups excluding tert-OH is 1. The monoisotopic (exact) mass is 685 g/mol. The standard InChI is InChI=1S/C37H47N7O6/c1-36(2,3)50-35(47)38-20-14-9-7-6-8-13-17-30-43-44-32(48-30)27-22-39-34(42-31(27)41-29(23-45)24-15-11-10-12-16-24)40-25-18-19-26-28(21-25)37(4,5)49-33(26)46/h10-12,15-16,18-19,21-22,29,45H,6-9,13-14,17,20,23H2,1-5H3,(H,38,47)(H2,39,40,41,42)/t29-/m1/s1. The van der Waals surface area contributed by atoms with Crippen LogP contribution in [0, 0.1) is 0 Å². The number of unbranched alkanes of at least 4 members (excludes halogenated alkanes) is 5. The molecule has 4 N–H and O–H groups in total. The molecule has 2 aromatic heterocycles. The molecule has 5 rings (SSSR count). The zero-order valence-corrected chi connectivity index (χ0v) is 29.4. The lowest BCUT2D eigenvalue weighted by molar-refractivity contribution is 0.00951. The minimum Gasteiger partial charge on any atom is -0.451 e. The van der Waals surface area contributed by atoms with Gasteiger partial charge in [-0.25, -0.2) is 14.6 Å². The van der Waals surface area contributed by atoms with Gasteiger partial charge in [-0.3, -0.25) is 0 Å². The second kappa shape index (κ2) is 16.1. The van der Waals surface area contributed by atoms with Gasteiger partial charge in [-0.1, -0.05) is 56.0 Å². The van der Waals surface area contributed by atoms with Crippen LogP contribution in [-0.2, 0) is 21.5 Å². The van der Waals surface area contributed by atoms with Crippen LogP contribution in [0.25, 0.3) is 11.5 Å². The average molecular weight is 686 g/mol. The fraction of sp³-hybridized carbons (Fsp3) is 0.459. The molecule has 13 nitrogen and oxygen atoms in total. The highest BCUT2D eigenvalue weighted by Gasteiger charge is 2.37. The van der Waals surface area contributed by atoms with Gasteiger partial charge in [0.25, 0.3) is 5.89 Å². The van der Waals surface area contributed by atoms with E-state index in [1.54, 1.807) is 18.3 Å². The summed E-state index contributed by atoms with van der Waals surface area (Å²) < 4.78 is 16.8.